The van der Waals surface area contributed by atoms with Gasteiger partial charge in [-0.2, -0.15) is 0 Å². The highest BCUT2D eigenvalue weighted by Gasteiger charge is 2.27. The summed E-state index contributed by atoms with van der Waals surface area (Å²) in [4.78, 5) is 12.7. The highest BCUT2D eigenvalue weighted by atomic mass is 32.2. The van der Waals surface area contributed by atoms with Gasteiger partial charge in [-0.15, -0.1) is 11.8 Å². The lowest BCUT2D eigenvalue weighted by Crippen LogP contribution is -2.25. The second-order valence-corrected chi connectivity index (χ2v) is 4.08. The molecule has 1 aliphatic rings. The van der Waals surface area contributed by atoms with E-state index < -0.39 is 0 Å². The average Bonchev–Trinajstić information content (AvgIpc) is 2.60. The summed E-state index contributed by atoms with van der Waals surface area (Å²) in [6, 6.07) is 8.11. The molecule has 13 heavy (non-hydrogen) atoms. The van der Waals surface area contributed by atoms with Crippen molar-refractivity contribution < 1.29 is 4.79 Å². The minimum Gasteiger partial charge on any atom is -0.359 e. The third-order valence-corrected chi connectivity index (χ3v) is 3.45. The van der Waals surface area contributed by atoms with Crippen molar-refractivity contribution in [2.45, 2.75) is 10.8 Å². The number of thioether (sulfide) groups is 1. The van der Waals surface area contributed by atoms with E-state index in [4.69, 9.17) is 0 Å². The maximum absolute atomic E-state index is 11.5. The zero-order chi connectivity index (χ0) is 9.26. The first kappa shape index (κ1) is 8.63. The number of hydrogen-bond acceptors (Lipinski definition) is 2. The average molecular weight is 193 g/mol. The van der Waals surface area contributed by atoms with Crippen LogP contribution in [0.15, 0.2) is 29.2 Å². The Labute approximate surface area is 81.7 Å². The van der Waals surface area contributed by atoms with Gasteiger partial charge in [0.05, 0.1) is 5.92 Å². The van der Waals surface area contributed by atoms with Gasteiger partial charge in [0.1, 0.15) is 0 Å². The molecule has 0 fully saturated rings. The van der Waals surface area contributed by atoms with E-state index in [2.05, 4.69) is 11.4 Å². The SMILES string of the molecule is CNC(=O)C1CSc2ccccc21. The van der Waals surface area contributed by atoms with Gasteiger partial charge < -0.3 is 5.32 Å². The first-order valence-corrected chi connectivity index (χ1v) is 5.25. The van der Waals surface area contributed by atoms with Gasteiger partial charge in [0.15, 0.2) is 0 Å². The zero-order valence-electron chi connectivity index (χ0n) is 7.41. The molecule has 0 aromatic heterocycles. The molecule has 0 aliphatic carbocycles. The van der Waals surface area contributed by atoms with E-state index in [1.807, 2.05) is 18.2 Å². The van der Waals surface area contributed by atoms with Gasteiger partial charge in [-0.25, -0.2) is 0 Å². The molecule has 1 unspecified atom stereocenters. The van der Waals surface area contributed by atoms with Crippen molar-refractivity contribution >= 4 is 17.7 Å². The maximum atomic E-state index is 11.5. The van der Waals surface area contributed by atoms with E-state index in [1.54, 1.807) is 18.8 Å². The molecule has 0 saturated heterocycles. The molecule has 1 atom stereocenters. The van der Waals surface area contributed by atoms with Crippen LogP contribution in [0.3, 0.4) is 0 Å². The first-order chi connectivity index (χ1) is 6.33. The van der Waals surface area contributed by atoms with E-state index in [1.165, 1.54) is 10.5 Å². The molecule has 1 aromatic rings. The number of fused-ring (bicyclic) bond motifs is 1. The molecule has 2 rings (SSSR count). The van der Waals surface area contributed by atoms with Gasteiger partial charge in [-0.1, -0.05) is 18.2 Å². The van der Waals surface area contributed by atoms with Crippen molar-refractivity contribution in [2.75, 3.05) is 12.8 Å². The van der Waals surface area contributed by atoms with Crippen molar-refractivity contribution in [1.82, 2.24) is 5.32 Å². The topological polar surface area (TPSA) is 29.1 Å². The summed E-state index contributed by atoms with van der Waals surface area (Å²) in [6.45, 7) is 0. The van der Waals surface area contributed by atoms with Crippen LogP contribution in [-0.4, -0.2) is 18.7 Å². The van der Waals surface area contributed by atoms with Crippen LogP contribution in [0.2, 0.25) is 0 Å². The van der Waals surface area contributed by atoms with E-state index in [-0.39, 0.29) is 11.8 Å². The predicted molar refractivity (Wildman–Crippen MR) is 54.0 cm³/mol. The second kappa shape index (κ2) is 3.42. The Morgan fingerprint density at radius 1 is 1.54 bits per heavy atom. The van der Waals surface area contributed by atoms with Gasteiger partial charge in [-0.05, 0) is 11.6 Å². The van der Waals surface area contributed by atoms with Gasteiger partial charge in [0, 0.05) is 17.7 Å². The minimum atomic E-state index is 0.0474. The fourth-order valence-corrected chi connectivity index (χ4v) is 2.78. The number of rotatable bonds is 1. The van der Waals surface area contributed by atoms with Crippen LogP contribution in [-0.2, 0) is 4.79 Å². The van der Waals surface area contributed by atoms with E-state index in [0.717, 1.165) is 5.75 Å². The number of carbonyl (C=O) groups excluding carboxylic acids is 1. The normalized spacial score (nSPS) is 19.6. The van der Waals surface area contributed by atoms with Crippen molar-refractivity contribution in [3.63, 3.8) is 0 Å². The molecule has 2 nitrogen and oxygen atoms in total. The highest BCUT2D eigenvalue weighted by molar-refractivity contribution is 7.99. The quantitative estimate of drug-likeness (QED) is 0.734. The van der Waals surface area contributed by atoms with E-state index >= 15 is 0 Å². The van der Waals surface area contributed by atoms with Crippen molar-refractivity contribution in [1.29, 1.82) is 0 Å². The summed E-state index contributed by atoms with van der Waals surface area (Å²) >= 11 is 1.76. The molecule has 3 heteroatoms. The van der Waals surface area contributed by atoms with Crippen LogP contribution in [0.5, 0.6) is 0 Å². The maximum Gasteiger partial charge on any atom is 0.228 e. The standard InChI is InChI=1S/C10H11NOS/c1-11-10(12)8-6-13-9-5-3-2-4-7(8)9/h2-5,8H,6H2,1H3,(H,11,12). The smallest absolute Gasteiger partial charge is 0.228 e. The third-order valence-electron chi connectivity index (χ3n) is 2.26. The molecule has 0 spiro atoms. The number of hydrogen-bond donors (Lipinski definition) is 1. The Balaban J connectivity index is 2.33. The molecule has 68 valence electrons. The Morgan fingerprint density at radius 3 is 3.08 bits per heavy atom. The molecule has 0 bridgehead atoms. The fraction of sp³-hybridized carbons (Fsp3) is 0.300. The first-order valence-electron chi connectivity index (χ1n) is 4.26. The Hall–Kier alpha value is -0.960. The summed E-state index contributed by atoms with van der Waals surface area (Å²) in [7, 11) is 1.69. The summed E-state index contributed by atoms with van der Waals surface area (Å²) < 4.78 is 0. The third kappa shape index (κ3) is 1.44. The van der Waals surface area contributed by atoms with Crippen LogP contribution >= 0.6 is 11.8 Å². The van der Waals surface area contributed by atoms with Crippen LogP contribution in [0.1, 0.15) is 11.5 Å². The molecule has 1 aromatic carbocycles. The Bertz CT molecular complexity index is 337. The van der Waals surface area contributed by atoms with Gasteiger partial charge in [0.2, 0.25) is 5.91 Å². The Kier molecular flexibility index (Phi) is 2.27. The molecule has 1 aliphatic heterocycles. The molecule has 0 radical (unpaired) electrons. The van der Waals surface area contributed by atoms with Crippen molar-refractivity contribution in [3.05, 3.63) is 29.8 Å². The summed E-state index contributed by atoms with van der Waals surface area (Å²) in [6.07, 6.45) is 0. The lowest BCUT2D eigenvalue weighted by atomic mass is 10.0. The van der Waals surface area contributed by atoms with Crippen molar-refractivity contribution in [2.24, 2.45) is 0 Å². The molecule has 1 heterocycles. The Morgan fingerprint density at radius 2 is 2.31 bits per heavy atom. The van der Waals surface area contributed by atoms with E-state index in [0.29, 0.717) is 0 Å². The van der Waals surface area contributed by atoms with Crippen LogP contribution in [0, 0.1) is 0 Å². The largest absolute Gasteiger partial charge is 0.359 e. The fourth-order valence-electron chi connectivity index (χ4n) is 1.55. The molecule has 0 saturated carbocycles. The second-order valence-electron chi connectivity index (χ2n) is 3.02. The molecule has 1 N–H and O–H groups in total. The lowest BCUT2D eigenvalue weighted by molar-refractivity contribution is -0.121. The number of amides is 1. The minimum absolute atomic E-state index is 0.0474. The highest BCUT2D eigenvalue weighted by Crippen LogP contribution is 2.39. The van der Waals surface area contributed by atoms with Gasteiger partial charge in [-0.3, -0.25) is 4.79 Å². The molecular weight excluding hydrogens is 182 g/mol. The summed E-state index contributed by atoms with van der Waals surface area (Å²) in [5.74, 6) is 1.04. The number of carbonyl (C=O) groups is 1. The van der Waals surface area contributed by atoms with Gasteiger partial charge >= 0.3 is 0 Å². The molecular formula is C10H11NOS. The zero-order valence-corrected chi connectivity index (χ0v) is 8.23. The van der Waals surface area contributed by atoms with Crippen LogP contribution in [0.25, 0.3) is 0 Å². The van der Waals surface area contributed by atoms with Crippen LogP contribution in [0.4, 0.5) is 0 Å². The van der Waals surface area contributed by atoms with Gasteiger partial charge in [0.25, 0.3) is 0 Å². The van der Waals surface area contributed by atoms with E-state index in [9.17, 15) is 4.79 Å². The summed E-state index contributed by atoms with van der Waals surface area (Å²) in [5, 5.41) is 2.70. The molecule has 1 amide bonds. The number of likely N-dealkylation sites (N-methyl/N-ethyl adjacent to an activating group) is 1. The van der Waals surface area contributed by atoms with Crippen LogP contribution < -0.4 is 5.32 Å². The number of nitrogens with one attached hydrogen (secondary N) is 1. The van der Waals surface area contributed by atoms with Crippen molar-refractivity contribution in [3.8, 4) is 0 Å². The monoisotopic (exact) mass is 193 g/mol. The predicted octanol–water partition coefficient (Wildman–Crippen LogP) is 1.62. The number of benzene rings is 1. The lowest BCUT2D eigenvalue weighted by Gasteiger charge is -2.07. The summed E-state index contributed by atoms with van der Waals surface area (Å²) in [5.41, 5.74) is 1.17.